The number of amides is 5. The number of rotatable bonds is 20. The smallest absolute Gasteiger partial charge is 0.381 e. The van der Waals surface area contributed by atoms with E-state index in [0.29, 0.717) is 89.9 Å². The molecule has 61 heavy (non-hydrogen) atoms. The molecular weight excluding hydrogens is 800 g/mol. The predicted molar refractivity (Wildman–Crippen MR) is 216 cm³/mol. The fourth-order valence-corrected chi connectivity index (χ4v) is 8.13. The first kappa shape index (κ1) is 45.1. The molecular formula is C42H54F3N9O7. The minimum absolute atomic E-state index is 0.0157. The van der Waals surface area contributed by atoms with Gasteiger partial charge in [-0.3, -0.25) is 29.0 Å². The second kappa shape index (κ2) is 21.4. The first-order valence-corrected chi connectivity index (χ1v) is 20.9. The van der Waals surface area contributed by atoms with Crippen LogP contribution in [0, 0.1) is 11.8 Å². The van der Waals surface area contributed by atoms with Crippen LogP contribution in [0.15, 0.2) is 49.1 Å². The van der Waals surface area contributed by atoms with Crippen molar-refractivity contribution < 1.29 is 46.6 Å². The minimum Gasteiger partial charge on any atom is -0.381 e. The number of nitrogens with zero attached hydrogens (tertiary/aromatic N) is 5. The molecule has 5 amide bonds. The van der Waals surface area contributed by atoms with Gasteiger partial charge in [-0.2, -0.15) is 13.2 Å². The van der Waals surface area contributed by atoms with Crippen molar-refractivity contribution in [3.05, 3.63) is 60.2 Å². The van der Waals surface area contributed by atoms with Gasteiger partial charge in [-0.05, 0) is 74.8 Å². The van der Waals surface area contributed by atoms with E-state index in [1.807, 2.05) is 6.07 Å². The van der Waals surface area contributed by atoms with E-state index in [1.54, 1.807) is 35.3 Å². The molecule has 330 valence electrons. The Kier molecular flexibility index (Phi) is 15.8. The van der Waals surface area contributed by atoms with E-state index in [4.69, 9.17) is 9.47 Å². The molecule has 0 spiro atoms. The molecule has 6 rings (SSSR count). The number of benzene rings is 1. The summed E-state index contributed by atoms with van der Waals surface area (Å²) in [6, 6.07) is 5.85. The number of halogens is 3. The fourth-order valence-electron chi connectivity index (χ4n) is 8.13. The van der Waals surface area contributed by atoms with Gasteiger partial charge in [0.15, 0.2) is 0 Å². The van der Waals surface area contributed by atoms with Gasteiger partial charge in [0.1, 0.15) is 18.2 Å². The molecule has 2 saturated heterocycles. The van der Waals surface area contributed by atoms with Gasteiger partial charge in [0.2, 0.25) is 29.5 Å². The number of anilines is 1. The number of nitrogens with one attached hydrogen (secondary N) is 4. The molecule has 1 aromatic carbocycles. The lowest BCUT2D eigenvalue weighted by Crippen LogP contribution is -2.43. The van der Waals surface area contributed by atoms with Crippen molar-refractivity contribution in [1.82, 2.24) is 40.7 Å². The highest BCUT2D eigenvalue weighted by molar-refractivity contribution is 5.93. The Morgan fingerprint density at radius 3 is 2.41 bits per heavy atom. The lowest BCUT2D eigenvalue weighted by molar-refractivity contribution is -0.137. The molecule has 3 aliphatic rings. The molecule has 4 heterocycles. The van der Waals surface area contributed by atoms with Crippen LogP contribution in [-0.2, 0) is 39.6 Å². The van der Waals surface area contributed by atoms with E-state index >= 15 is 0 Å². The molecule has 2 aliphatic heterocycles. The summed E-state index contributed by atoms with van der Waals surface area (Å²) in [7, 11) is 1.71. The molecule has 3 fully saturated rings. The molecule has 3 atom stereocenters. The van der Waals surface area contributed by atoms with Crippen LogP contribution in [-0.4, -0.2) is 126 Å². The SMILES string of the molecule is CN1C(=O)C[C@H](C(=O)NCCCOCCCOCCC(=O)NC2CCC(C(=O)NCCN3CC[C@H](Nc4ncnc5ccc(C(F)(F)F)cc45)C3=O)CC2)[C@H]1c1cccnc1. The zero-order valence-electron chi connectivity index (χ0n) is 34.3. The summed E-state index contributed by atoms with van der Waals surface area (Å²) < 4.78 is 51.2. The third-order valence-corrected chi connectivity index (χ3v) is 11.5. The predicted octanol–water partition coefficient (Wildman–Crippen LogP) is 3.39. The normalized spacial score (nSPS) is 21.8. The minimum atomic E-state index is -4.53. The quantitative estimate of drug-likeness (QED) is 0.122. The standard InChI is InChI=1S/C42H54F3N9O7/c1-53-36(56)24-32(37(53)28-5-2-14-46-25-28)40(58)47-15-3-19-60-20-4-21-61-22-13-35(55)51-30-9-6-27(7-10-30)39(57)48-16-18-54-17-12-34(41(54)59)52-38-31-23-29(42(43,44)45)8-11-33(31)49-26-50-38/h2,5,8,11,14,23,25-27,30,32,34,37H,3-4,6-7,9-10,12-13,15-22,24H2,1H3,(H,47,58)(H,48,57)(H,51,55)(H,49,50,52)/t27?,30?,32-,34-,37+/m0/s1. The van der Waals surface area contributed by atoms with Crippen LogP contribution in [0.3, 0.4) is 0 Å². The first-order valence-electron chi connectivity index (χ1n) is 20.9. The Bertz CT molecular complexity index is 1980. The summed E-state index contributed by atoms with van der Waals surface area (Å²) in [5, 5.41) is 12.1. The number of hydrogen-bond acceptors (Lipinski definition) is 11. The summed E-state index contributed by atoms with van der Waals surface area (Å²) in [5.41, 5.74) is 0.331. The molecule has 16 nitrogen and oxygen atoms in total. The van der Waals surface area contributed by atoms with Crippen LogP contribution < -0.4 is 21.3 Å². The topological polar surface area (TPSA) is 197 Å². The van der Waals surface area contributed by atoms with Crippen molar-refractivity contribution in [2.75, 3.05) is 65.0 Å². The van der Waals surface area contributed by atoms with Crippen molar-refractivity contribution in [1.29, 1.82) is 0 Å². The van der Waals surface area contributed by atoms with E-state index < -0.39 is 23.7 Å². The number of carbonyl (C=O) groups excluding carboxylic acids is 5. The van der Waals surface area contributed by atoms with E-state index in [0.717, 1.165) is 17.7 Å². The zero-order chi connectivity index (χ0) is 43.4. The lowest BCUT2D eigenvalue weighted by Gasteiger charge is -2.28. The van der Waals surface area contributed by atoms with Crippen molar-refractivity contribution in [2.45, 2.75) is 82.1 Å². The summed E-state index contributed by atoms with van der Waals surface area (Å²) in [5.74, 6) is -1.15. The van der Waals surface area contributed by atoms with Gasteiger partial charge in [0.05, 0.1) is 29.6 Å². The Hall–Kier alpha value is -5.43. The highest BCUT2D eigenvalue weighted by Gasteiger charge is 2.42. The monoisotopic (exact) mass is 853 g/mol. The Labute approximate surface area is 352 Å². The number of alkyl halides is 3. The van der Waals surface area contributed by atoms with Crippen molar-refractivity contribution >= 4 is 46.3 Å². The van der Waals surface area contributed by atoms with Crippen LogP contribution in [0.1, 0.15) is 75.0 Å². The molecule has 19 heteroatoms. The van der Waals surface area contributed by atoms with E-state index in [1.165, 1.54) is 12.4 Å². The van der Waals surface area contributed by atoms with Crippen LogP contribution in [0.5, 0.6) is 0 Å². The lowest BCUT2D eigenvalue weighted by atomic mass is 9.85. The summed E-state index contributed by atoms with van der Waals surface area (Å²) in [4.78, 5) is 79.2. The van der Waals surface area contributed by atoms with Gasteiger partial charge < -0.3 is 40.5 Å². The average molecular weight is 854 g/mol. The van der Waals surface area contributed by atoms with Gasteiger partial charge in [-0.1, -0.05) is 6.07 Å². The molecule has 3 aromatic rings. The number of aromatic nitrogens is 3. The van der Waals surface area contributed by atoms with E-state index in [9.17, 15) is 37.1 Å². The number of pyridine rings is 1. The number of likely N-dealkylation sites (tertiary alicyclic amines) is 2. The second-order valence-corrected chi connectivity index (χ2v) is 15.7. The fraction of sp³-hybridized carbons (Fsp3) is 0.571. The number of fused-ring (bicyclic) bond motifs is 1. The van der Waals surface area contributed by atoms with Crippen LogP contribution >= 0.6 is 0 Å². The molecule has 1 saturated carbocycles. The van der Waals surface area contributed by atoms with Gasteiger partial charge in [0.25, 0.3) is 0 Å². The highest BCUT2D eigenvalue weighted by atomic mass is 19.4. The van der Waals surface area contributed by atoms with E-state index in [2.05, 4.69) is 36.2 Å². The largest absolute Gasteiger partial charge is 0.416 e. The molecule has 0 radical (unpaired) electrons. The number of carbonyl (C=O) groups is 5. The van der Waals surface area contributed by atoms with Crippen LogP contribution in [0.2, 0.25) is 0 Å². The van der Waals surface area contributed by atoms with Gasteiger partial charge in [-0.25, -0.2) is 9.97 Å². The number of hydrogen-bond donors (Lipinski definition) is 4. The maximum atomic E-state index is 13.3. The van der Waals surface area contributed by atoms with E-state index in [-0.39, 0.29) is 84.7 Å². The van der Waals surface area contributed by atoms with Crippen molar-refractivity contribution in [2.24, 2.45) is 11.8 Å². The van der Waals surface area contributed by atoms with Gasteiger partial charge in [0, 0.05) is 95.6 Å². The Morgan fingerprint density at radius 2 is 1.66 bits per heavy atom. The molecule has 0 bridgehead atoms. The van der Waals surface area contributed by atoms with Crippen molar-refractivity contribution in [3.63, 3.8) is 0 Å². The molecule has 0 unspecified atom stereocenters. The molecule has 4 N–H and O–H groups in total. The third-order valence-electron chi connectivity index (χ3n) is 11.5. The first-order chi connectivity index (χ1) is 29.4. The summed E-state index contributed by atoms with van der Waals surface area (Å²) in [6.07, 6.45) is 4.77. The zero-order valence-corrected chi connectivity index (χ0v) is 34.3. The average Bonchev–Trinajstić information content (AvgIpc) is 3.75. The molecule has 1 aliphatic carbocycles. The van der Waals surface area contributed by atoms with Gasteiger partial charge in [-0.15, -0.1) is 0 Å². The second-order valence-electron chi connectivity index (χ2n) is 15.7. The highest BCUT2D eigenvalue weighted by Crippen LogP contribution is 2.37. The molecule has 2 aromatic heterocycles. The maximum absolute atomic E-state index is 13.3. The Morgan fingerprint density at radius 1 is 0.902 bits per heavy atom. The van der Waals surface area contributed by atoms with Crippen LogP contribution in [0.25, 0.3) is 10.9 Å². The maximum Gasteiger partial charge on any atom is 0.416 e. The van der Waals surface area contributed by atoms with Gasteiger partial charge >= 0.3 is 6.18 Å². The van der Waals surface area contributed by atoms with Crippen LogP contribution in [0.4, 0.5) is 19.0 Å². The number of ether oxygens (including phenoxy) is 2. The summed E-state index contributed by atoms with van der Waals surface area (Å²) in [6.45, 7) is 3.11. The Balaban J connectivity index is 0.764. The summed E-state index contributed by atoms with van der Waals surface area (Å²) >= 11 is 0. The third kappa shape index (κ3) is 12.3. The van der Waals surface area contributed by atoms with Crippen molar-refractivity contribution in [3.8, 4) is 0 Å².